The molecule has 0 saturated heterocycles. The van der Waals surface area contributed by atoms with Crippen LogP contribution >= 0.6 is 11.3 Å². The van der Waals surface area contributed by atoms with Crippen LogP contribution in [0.15, 0.2) is 10.2 Å². The number of nitrogens with one attached hydrogen (secondary N) is 1. The Kier molecular flexibility index (Phi) is 7.11. The molecular formula is C15H26N2O3S. The van der Waals surface area contributed by atoms with Crippen molar-refractivity contribution in [1.29, 1.82) is 0 Å². The molecule has 1 rings (SSSR count). The second-order valence-electron chi connectivity index (χ2n) is 6.17. The topological polar surface area (TPSA) is 71.3 Å². The first-order valence-electron chi connectivity index (χ1n) is 7.38. The molecule has 6 heteroatoms. The first kappa shape index (κ1) is 17.9. The fourth-order valence-corrected chi connectivity index (χ4v) is 2.91. The number of carbonyl (C=O) groups is 1. The molecule has 1 aromatic heterocycles. The average Bonchev–Trinajstić information content (AvgIpc) is 2.75. The molecule has 0 unspecified atom stereocenters. The maximum absolute atomic E-state index is 11.8. The number of hydrogen-bond acceptors (Lipinski definition) is 4. The third kappa shape index (κ3) is 6.44. The van der Waals surface area contributed by atoms with Gasteiger partial charge in [0.2, 0.25) is 5.91 Å². The van der Waals surface area contributed by atoms with Gasteiger partial charge in [0, 0.05) is 37.2 Å². The summed E-state index contributed by atoms with van der Waals surface area (Å²) in [5, 5.41) is 13.6. The van der Waals surface area contributed by atoms with Crippen molar-refractivity contribution in [2.45, 2.75) is 53.0 Å². The molecule has 0 saturated carbocycles. The summed E-state index contributed by atoms with van der Waals surface area (Å²) >= 11 is 1.20. The summed E-state index contributed by atoms with van der Waals surface area (Å²) in [6.07, 6.45) is 2.73. The molecule has 21 heavy (non-hydrogen) atoms. The van der Waals surface area contributed by atoms with E-state index >= 15 is 0 Å². The Morgan fingerprint density at radius 3 is 2.71 bits per heavy atom. The number of thiazole rings is 1. The van der Waals surface area contributed by atoms with Crippen LogP contribution in [0, 0.1) is 12.3 Å². The van der Waals surface area contributed by atoms with E-state index in [1.165, 1.54) is 11.3 Å². The molecule has 5 nitrogen and oxygen atoms in total. The quantitative estimate of drug-likeness (QED) is 0.731. The van der Waals surface area contributed by atoms with Crippen molar-refractivity contribution in [3.63, 3.8) is 0 Å². The fourth-order valence-electron chi connectivity index (χ4n) is 2.14. The van der Waals surface area contributed by atoms with Crippen LogP contribution < -0.4 is 10.2 Å². The Hall–Kier alpha value is -1.14. The van der Waals surface area contributed by atoms with E-state index in [1.54, 1.807) is 4.57 Å². The minimum absolute atomic E-state index is 0.000720. The molecule has 2 N–H and O–H groups in total. The first-order valence-corrected chi connectivity index (χ1v) is 8.26. The standard InChI is InChI=1S/C15H26N2O3S/c1-12-10-21-14(20)17(12)8-4-6-13(19)16-11-15(2,3)7-5-9-18/h10,18H,4-9,11H2,1-3H3,(H,16,19). The monoisotopic (exact) mass is 314 g/mol. The van der Waals surface area contributed by atoms with E-state index in [-0.39, 0.29) is 22.8 Å². The molecule has 120 valence electrons. The van der Waals surface area contributed by atoms with Crippen molar-refractivity contribution >= 4 is 17.2 Å². The number of carbonyl (C=O) groups excluding carboxylic acids is 1. The molecule has 0 bridgehead atoms. The van der Waals surface area contributed by atoms with E-state index in [4.69, 9.17) is 5.11 Å². The minimum atomic E-state index is -0.000720. The van der Waals surface area contributed by atoms with Gasteiger partial charge in [-0.25, -0.2) is 0 Å². The van der Waals surface area contributed by atoms with Gasteiger partial charge < -0.3 is 15.0 Å². The summed E-state index contributed by atoms with van der Waals surface area (Å²) in [5.41, 5.74) is 0.953. The zero-order valence-electron chi connectivity index (χ0n) is 13.1. The first-order chi connectivity index (χ1) is 9.85. The Balaban J connectivity index is 2.27. The Labute approximate surface area is 130 Å². The summed E-state index contributed by atoms with van der Waals surface area (Å²) < 4.78 is 1.71. The number of aromatic nitrogens is 1. The summed E-state index contributed by atoms with van der Waals surface area (Å²) in [5.74, 6) is 0.0213. The van der Waals surface area contributed by atoms with Crippen molar-refractivity contribution in [1.82, 2.24) is 9.88 Å². The lowest BCUT2D eigenvalue weighted by Crippen LogP contribution is -2.34. The summed E-state index contributed by atoms with van der Waals surface area (Å²) in [6.45, 7) is 7.46. The molecule has 0 radical (unpaired) electrons. The van der Waals surface area contributed by atoms with Crippen LogP contribution in [0.3, 0.4) is 0 Å². The number of nitrogens with zero attached hydrogens (tertiary/aromatic N) is 1. The van der Waals surface area contributed by atoms with Crippen LogP contribution in [0.25, 0.3) is 0 Å². The van der Waals surface area contributed by atoms with Gasteiger partial charge >= 0.3 is 4.87 Å². The van der Waals surface area contributed by atoms with Gasteiger partial charge in [-0.15, -0.1) is 0 Å². The van der Waals surface area contributed by atoms with E-state index in [0.717, 1.165) is 18.5 Å². The molecule has 0 spiro atoms. The van der Waals surface area contributed by atoms with Crippen LogP contribution in [0.5, 0.6) is 0 Å². The van der Waals surface area contributed by atoms with Crippen molar-refractivity contribution in [3.05, 3.63) is 20.7 Å². The SMILES string of the molecule is Cc1csc(=O)n1CCCC(=O)NCC(C)(C)CCCO. The molecular weight excluding hydrogens is 288 g/mol. The number of aryl methyl sites for hydroxylation is 1. The Morgan fingerprint density at radius 2 is 2.14 bits per heavy atom. The highest BCUT2D eigenvalue weighted by Gasteiger charge is 2.18. The predicted molar refractivity (Wildman–Crippen MR) is 85.7 cm³/mol. The molecule has 0 atom stereocenters. The normalized spacial score (nSPS) is 11.6. The van der Waals surface area contributed by atoms with E-state index in [0.29, 0.717) is 25.9 Å². The summed E-state index contributed by atoms with van der Waals surface area (Å²) in [4.78, 5) is 23.4. The fraction of sp³-hybridized carbons (Fsp3) is 0.733. The number of hydrogen-bond donors (Lipinski definition) is 2. The van der Waals surface area contributed by atoms with Crippen LogP contribution in [0.1, 0.15) is 45.2 Å². The maximum Gasteiger partial charge on any atom is 0.307 e. The van der Waals surface area contributed by atoms with Gasteiger partial charge in [0.1, 0.15) is 0 Å². The number of rotatable bonds is 9. The Morgan fingerprint density at radius 1 is 1.43 bits per heavy atom. The van der Waals surface area contributed by atoms with Gasteiger partial charge in [0.15, 0.2) is 0 Å². The lowest BCUT2D eigenvalue weighted by molar-refractivity contribution is -0.121. The predicted octanol–water partition coefficient (Wildman–Crippen LogP) is 1.91. The van der Waals surface area contributed by atoms with Gasteiger partial charge in [0.05, 0.1) is 0 Å². The van der Waals surface area contributed by atoms with Crippen LogP contribution in [-0.4, -0.2) is 28.7 Å². The van der Waals surface area contributed by atoms with Crippen LogP contribution in [0.2, 0.25) is 0 Å². The highest BCUT2D eigenvalue weighted by Crippen LogP contribution is 2.20. The van der Waals surface area contributed by atoms with Crippen LogP contribution in [0.4, 0.5) is 0 Å². The molecule has 0 aliphatic carbocycles. The van der Waals surface area contributed by atoms with Gasteiger partial charge in [-0.1, -0.05) is 25.2 Å². The lowest BCUT2D eigenvalue weighted by Gasteiger charge is -2.24. The van der Waals surface area contributed by atoms with E-state index in [2.05, 4.69) is 19.2 Å². The zero-order chi connectivity index (χ0) is 15.9. The molecule has 0 fully saturated rings. The van der Waals surface area contributed by atoms with Crippen LogP contribution in [-0.2, 0) is 11.3 Å². The highest BCUT2D eigenvalue weighted by atomic mass is 32.1. The van der Waals surface area contributed by atoms with Crippen molar-refractivity contribution in [3.8, 4) is 0 Å². The molecule has 1 amide bonds. The van der Waals surface area contributed by atoms with Gasteiger partial charge in [-0.2, -0.15) is 0 Å². The van der Waals surface area contributed by atoms with E-state index in [9.17, 15) is 9.59 Å². The number of aliphatic hydroxyl groups excluding tert-OH is 1. The molecule has 0 aliphatic rings. The van der Waals surface area contributed by atoms with E-state index in [1.807, 2.05) is 12.3 Å². The molecule has 1 aromatic rings. The van der Waals surface area contributed by atoms with E-state index < -0.39 is 0 Å². The lowest BCUT2D eigenvalue weighted by atomic mass is 9.88. The van der Waals surface area contributed by atoms with Crippen molar-refractivity contribution in [2.24, 2.45) is 5.41 Å². The minimum Gasteiger partial charge on any atom is -0.396 e. The molecule has 1 heterocycles. The van der Waals surface area contributed by atoms with Gasteiger partial charge in [-0.05, 0) is 31.6 Å². The third-order valence-corrected chi connectivity index (χ3v) is 4.42. The average molecular weight is 314 g/mol. The second-order valence-corrected chi connectivity index (χ2v) is 6.99. The number of aliphatic hydroxyl groups is 1. The largest absolute Gasteiger partial charge is 0.396 e. The second kappa shape index (κ2) is 8.34. The van der Waals surface area contributed by atoms with Gasteiger partial charge in [0.25, 0.3) is 0 Å². The maximum atomic E-state index is 11.8. The van der Waals surface area contributed by atoms with Crippen molar-refractivity contribution in [2.75, 3.05) is 13.2 Å². The Bertz CT molecular complexity index is 505. The zero-order valence-corrected chi connectivity index (χ0v) is 14.0. The van der Waals surface area contributed by atoms with Gasteiger partial charge in [-0.3, -0.25) is 9.59 Å². The molecule has 0 aromatic carbocycles. The number of amides is 1. The van der Waals surface area contributed by atoms with Crippen molar-refractivity contribution < 1.29 is 9.90 Å². The summed E-state index contributed by atoms with van der Waals surface area (Å²) in [6, 6.07) is 0. The smallest absolute Gasteiger partial charge is 0.307 e. The highest BCUT2D eigenvalue weighted by molar-refractivity contribution is 7.07. The third-order valence-electron chi connectivity index (χ3n) is 3.54. The molecule has 0 aliphatic heterocycles. The summed E-state index contributed by atoms with van der Waals surface area (Å²) in [7, 11) is 0.